The predicted octanol–water partition coefficient (Wildman–Crippen LogP) is 4.74. The Morgan fingerprint density at radius 2 is 1.67 bits per heavy atom. The lowest BCUT2D eigenvalue weighted by Crippen LogP contribution is -2.07. The standard InChI is InChI=1S/C16H11F3O2/c1-2-10-7-14-15(21-9-20-14)8-12(10)11-5-3-4-6-13(11)16(17,18)19/h2-8H,1,9H2. The zero-order valence-corrected chi connectivity index (χ0v) is 10.9. The molecule has 0 amide bonds. The first-order valence-electron chi connectivity index (χ1n) is 6.23. The summed E-state index contributed by atoms with van der Waals surface area (Å²) < 4.78 is 50.0. The topological polar surface area (TPSA) is 18.5 Å². The Morgan fingerprint density at radius 3 is 2.33 bits per heavy atom. The van der Waals surface area contributed by atoms with Gasteiger partial charge < -0.3 is 9.47 Å². The maximum absolute atomic E-state index is 13.2. The first-order chi connectivity index (χ1) is 10.0. The number of rotatable bonds is 2. The van der Waals surface area contributed by atoms with Crippen LogP contribution in [0.15, 0.2) is 43.0 Å². The van der Waals surface area contributed by atoms with Crippen molar-refractivity contribution in [1.29, 1.82) is 0 Å². The van der Waals surface area contributed by atoms with Gasteiger partial charge in [-0.2, -0.15) is 13.2 Å². The highest BCUT2D eigenvalue weighted by atomic mass is 19.4. The number of hydrogen-bond acceptors (Lipinski definition) is 2. The molecule has 0 saturated carbocycles. The molecule has 2 aromatic carbocycles. The third kappa shape index (κ3) is 2.35. The van der Waals surface area contributed by atoms with Crippen LogP contribution in [-0.2, 0) is 6.18 Å². The summed E-state index contributed by atoms with van der Waals surface area (Å²) in [7, 11) is 0. The molecular weight excluding hydrogens is 281 g/mol. The molecule has 0 radical (unpaired) electrons. The number of alkyl halides is 3. The van der Waals surface area contributed by atoms with Gasteiger partial charge >= 0.3 is 6.18 Å². The van der Waals surface area contributed by atoms with Crippen molar-refractivity contribution in [2.45, 2.75) is 6.18 Å². The Bertz CT molecular complexity index is 705. The molecule has 2 aromatic rings. The van der Waals surface area contributed by atoms with E-state index in [1.807, 2.05) is 0 Å². The molecule has 2 nitrogen and oxygen atoms in total. The molecule has 0 spiro atoms. The average molecular weight is 292 g/mol. The second-order valence-corrected chi connectivity index (χ2v) is 4.54. The summed E-state index contributed by atoms with van der Waals surface area (Å²) in [5.41, 5.74) is 0.392. The third-order valence-electron chi connectivity index (χ3n) is 3.29. The Kier molecular flexibility index (Phi) is 3.12. The molecule has 3 rings (SSSR count). The van der Waals surface area contributed by atoms with Crippen LogP contribution in [0, 0.1) is 0 Å². The van der Waals surface area contributed by atoms with Crippen LogP contribution in [0.25, 0.3) is 17.2 Å². The predicted molar refractivity (Wildman–Crippen MR) is 73.1 cm³/mol. The first kappa shape index (κ1) is 13.5. The third-order valence-corrected chi connectivity index (χ3v) is 3.29. The number of halogens is 3. The van der Waals surface area contributed by atoms with Gasteiger partial charge in [0.2, 0.25) is 6.79 Å². The van der Waals surface area contributed by atoms with Gasteiger partial charge in [-0.05, 0) is 34.9 Å². The highest BCUT2D eigenvalue weighted by Gasteiger charge is 2.34. The van der Waals surface area contributed by atoms with Crippen molar-refractivity contribution in [2.75, 3.05) is 6.79 Å². The van der Waals surface area contributed by atoms with Crippen molar-refractivity contribution >= 4 is 6.08 Å². The molecule has 0 bridgehead atoms. The van der Waals surface area contributed by atoms with E-state index >= 15 is 0 Å². The van der Waals surface area contributed by atoms with Gasteiger partial charge in [0.1, 0.15) is 0 Å². The van der Waals surface area contributed by atoms with E-state index in [-0.39, 0.29) is 12.4 Å². The maximum Gasteiger partial charge on any atom is 0.417 e. The van der Waals surface area contributed by atoms with Crippen molar-refractivity contribution < 1.29 is 22.6 Å². The Morgan fingerprint density at radius 1 is 1.00 bits per heavy atom. The maximum atomic E-state index is 13.2. The largest absolute Gasteiger partial charge is 0.454 e. The fourth-order valence-corrected chi connectivity index (χ4v) is 2.33. The minimum atomic E-state index is -4.43. The Labute approximate surface area is 119 Å². The molecule has 0 aromatic heterocycles. The summed E-state index contributed by atoms with van der Waals surface area (Å²) in [5, 5.41) is 0. The summed E-state index contributed by atoms with van der Waals surface area (Å²) in [4.78, 5) is 0. The minimum absolute atomic E-state index is 0.0658. The van der Waals surface area contributed by atoms with Crippen molar-refractivity contribution in [3.05, 3.63) is 54.1 Å². The van der Waals surface area contributed by atoms with Crippen molar-refractivity contribution in [2.24, 2.45) is 0 Å². The minimum Gasteiger partial charge on any atom is -0.454 e. The van der Waals surface area contributed by atoms with Crippen LogP contribution in [0.2, 0.25) is 0 Å². The molecule has 0 N–H and O–H groups in total. The number of ether oxygens (including phenoxy) is 2. The molecule has 0 atom stereocenters. The Hall–Kier alpha value is -2.43. The van der Waals surface area contributed by atoms with E-state index < -0.39 is 11.7 Å². The van der Waals surface area contributed by atoms with E-state index in [4.69, 9.17) is 9.47 Å². The van der Waals surface area contributed by atoms with E-state index in [0.717, 1.165) is 6.07 Å². The van der Waals surface area contributed by atoms with Crippen LogP contribution in [0.1, 0.15) is 11.1 Å². The normalized spacial score (nSPS) is 13.3. The Balaban J connectivity index is 2.24. The molecule has 1 aliphatic heterocycles. The lowest BCUT2D eigenvalue weighted by Gasteiger charge is -2.15. The van der Waals surface area contributed by atoms with Gasteiger partial charge in [0, 0.05) is 0 Å². The summed E-state index contributed by atoms with van der Waals surface area (Å²) in [6, 6.07) is 8.64. The number of hydrogen-bond donors (Lipinski definition) is 0. The zero-order chi connectivity index (χ0) is 15.0. The highest BCUT2D eigenvalue weighted by Crippen LogP contribution is 2.43. The van der Waals surface area contributed by atoms with E-state index in [1.165, 1.54) is 18.2 Å². The number of benzene rings is 2. The van der Waals surface area contributed by atoms with Crippen LogP contribution in [0.3, 0.4) is 0 Å². The lowest BCUT2D eigenvalue weighted by molar-refractivity contribution is -0.137. The summed E-state index contributed by atoms with van der Waals surface area (Å²) in [6.07, 6.45) is -2.92. The molecule has 0 unspecified atom stereocenters. The molecule has 0 fully saturated rings. The van der Waals surface area contributed by atoms with Gasteiger partial charge in [-0.1, -0.05) is 30.9 Å². The van der Waals surface area contributed by atoms with Crippen LogP contribution in [0.4, 0.5) is 13.2 Å². The highest BCUT2D eigenvalue weighted by molar-refractivity contribution is 5.80. The van der Waals surface area contributed by atoms with E-state index in [1.54, 1.807) is 18.2 Å². The summed E-state index contributed by atoms with van der Waals surface area (Å²) in [6.45, 7) is 3.72. The molecule has 108 valence electrons. The summed E-state index contributed by atoms with van der Waals surface area (Å²) >= 11 is 0. The average Bonchev–Trinajstić information content (AvgIpc) is 2.92. The molecule has 1 aliphatic rings. The molecule has 0 aliphatic carbocycles. The van der Waals surface area contributed by atoms with Crippen molar-refractivity contribution in [3.8, 4) is 22.6 Å². The van der Waals surface area contributed by atoms with Crippen molar-refractivity contribution in [1.82, 2.24) is 0 Å². The van der Waals surface area contributed by atoms with Gasteiger partial charge in [-0.25, -0.2) is 0 Å². The first-order valence-corrected chi connectivity index (χ1v) is 6.23. The van der Waals surface area contributed by atoms with E-state index in [9.17, 15) is 13.2 Å². The molecule has 0 saturated heterocycles. The van der Waals surface area contributed by atoms with E-state index in [0.29, 0.717) is 22.6 Å². The monoisotopic (exact) mass is 292 g/mol. The van der Waals surface area contributed by atoms with Gasteiger partial charge in [-0.15, -0.1) is 0 Å². The fraction of sp³-hybridized carbons (Fsp3) is 0.125. The number of fused-ring (bicyclic) bond motifs is 1. The van der Waals surface area contributed by atoms with E-state index in [2.05, 4.69) is 6.58 Å². The fourth-order valence-electron chi connectivity index (χ4n) is 2.33. The van der Waals surface area contributed by atoms with Gasteiger partial charge in [-0.3, -0.25) is 0 Å². The van der Waals surface area contributed by atoms with Crippen LogP contribution in [0.5, 0.6) is 11.5 Å². The van der Waals surface area contributed by atoms with Crippen LogP contribution < -0.4 is 9.47 Å². The van der Waals surface area contributed by atoms with Gasteiger partial charge in [0.05, 0.1) is 5.56 Å². The van der Waals surface area contributed by atoms with Crippen LogP contribution in [-0.4, -0.2) is 6.79 Å². The van der Waals surface area contributed by atoms with Crippen molar-refractivity contribution in [3.63, 3.8) is 0 Å². The molecule has 21 heavy (non-hydrogen) atoms. The van der Waals surface area contributed by atoms with Gasteiger partial charge in [0.25, 0.3) is 0 Å². The second kappa shape index (κ2) is 4.84. The SMILES string of the molecule is C=Cc1cc2c(cc1-c1ccccc1C(F)(F)F)OCO2. The molecule has 5 heteroatoms. The second-order valence-electron chi connectivity index (χ2n) is 4.54. The summed E-state index contributed by atoms with van der Waals surface area (Å²) in [5.74, 6) is 0.950. The zero-order valence-electron chi connectivity index (χ0n) is 10.9. The quantitative estimate of drug-likeness (QED) is 0.795. The smallest absolute Gasteiger partial charge is 0.417 e. The van der Waals surface area contributed by atoms with Crippen LogP contribution >= 0.6 is 0 Å². The molecule has 1 heterocycles. The molecular formula is C16H11F3O2. The lowest BCUT2D eigenvalue weighted by atomic mass is 9.94. The van der Waals surface area contributed by atoms with Gasteiger partial charge in [0.15, 0.2) is 11.5 Å².